The Labute approximate surface area is 97.4 Å². The zero-order valence-corrected chi connectivity index (χ0v) is 9.44. The number of anilines is 1. The Morgan fingerprint density at radius 3 is 2.88 bits per heavy atom. The standard InChI is InChI=1S/C9H12ClN3O3/c1-2-6(5-14)11-9-4-7(13(15)16)3-8(10)12-9/h3-4,6,14H,2,5H2,1H3,(H,11,12). The van der Waals surface area contributed by atoms with E-state index in [0.717, 1.165) is 0 Å². The highest BCUT2D eigenvalue weighted by Crippen LogP contribution is 2.21. The van der Waals surface area contributed by atoms with Crippen molar-refractivity contribution in [1.29, 1.82) is 0 Å². The van der Waals surface area contributed by atoms with Crippen LogP contribution in [0.15, 0.2) is 12.1 Å². The summed E-state index contributed by atoms with van der Waals surface area (Å²) in [5.74, 6) is 0.292. The molecule has 7 heteroatoms. The number of halogens is 1. The minimum absolute atomic E-state index is 0.0458. The fourth-order valence-corrected chi connectivity index (χ4v) is 1.35. The van der Waals surface area contributed by atoms with Gasteiger partial charge in [-0.05, 0) is 6.42 Å². The molecule has 16 heavy (non-hydrogen) atoms. The summed E-state index contributed by atoms with van der Waals surface area (Å²) >= 11 is 5.65. The highest BCUT2D eigenvalue weighted by Gasteiger charge is 2.12. The first-order chi connectivity index (χ1) is 7.56. The van der Waals surface area contributed by atoms with E-state index in [1.54, 1.807) is 0 Å². The van der Waals surface area contributed by atoms with E-state index in [9.17, 15) is 10.1 Å². The van der Waals surface area contributed by atoms with Crippen LogP contribution in [0.3, 0.4) is 0 Å². The molecular weight excluding hydrogens is 234 g/mol. The number of nitro groups is 1. The van der Waals surface area contributed by atoms with Gasteiger partial charge < -0.3 is 10.4 Å². The molecule has 0 saturated heterocycles. The summed E-state index contributed by atoms with van der Waals surface area (Å²) in [5.41, 5.74) is -0.129. The van der Waals surface area contributed by atoms with Gasteiger partial charge >= 0.3 is 0 Å². The molecular formula is C9H12ClN3O3. The van der Waals surface area contributed by atoms with Crippen molar-refractivity contribution in [3.8, 4) is 0 Å². The van der Waals surface area contributed by atoms with E-state index in [2.05, 4.69) is 10.3 Å². The number of rotatable bonds is 5. The third-order valence-electron chi connectivity index (χ3n) is 2.05. The summed E-state index contributed by atoms with van der Waals surface area (Å²) in [6, 6.07) is 2.27. The lowest BCUT2D eigenvalue weighted by molar-refractivity contribution is -0.384. The molecule has 0 spiro atoms. The molecule has 0 bridgehead atoms. The summed E-state index contributed by atoms with van der Waals surface area (Å²) < 4.78 is 0. The number of aliphatic hydroxyl groups is 1. The predicted molar refractivity (Wildman–Crippen MR) is 60.7 cm³/mol. The lowest BCUT2D eigenvalue weighted by atomic mass is 10.2. The van der Waals surface area contributed by atoms with Crippen molar-refractivity contribution in [2.75, 3.05) is 11.9 Å². The van der Waals surface area contributed by atoms with Gasteiger partial charge in [-0.25, -0.2) is 4.98 Å². The molecule has 1 unspecified atom stereocenters. The third-order valence-corrected chi connectivity index (χ3v) is 2.25. The van der Waals surface area contributed by atoms with Crippen LogP contribution in [0, 0.1) is 10.1 Å². The van der Waals surface area contributed by atoms with Gasteiger partial charge in [-0.1, -0.05) is 18.5 Å². The first-order valence-corrected chi connectivity index (χ1v) is 5.14. The van der Waals surface area contributed by atoms with Gasteiger partial charge in [0.25, 0.3) is 5.69 Å². The molecule has 88 valence electrons. The molecule has 0 aliphatic carbocycles. The quantitative estimate of drug-likeness (QED) is 0.469. The lowest BCUT2D eigenvalue weighted by Gasteiger charge is -2.14. The van der Waals surface area contributed by atoms with E-state index in [0.29, 0.717) is 12.2 Å². The average molecular weight is 246 g/mol. The topological polar surface area (TPSA) is 88.3 Å². The van der Waals surface area contributed by atoms with Crippen molar-refractivity contribution in [2.24, 2.45) is 0 Å². The Morgan fingerprint density at radius 2 is 2.38 bits per heavy atom. The molecule has 1 heterocycles. The maximum absolute atomic E-state index is 10.6. The van der Waals surface area contributed by atoms with Crippen LogP contribution >= 0.6 is 11.6 Å². The first-order valence-electron chi connectivity index (χ1n) is 4.76. The Kier molecular flexibility index (Phi) is 4.45. The normalized spacial score (nSPS) is 12.2. The van der Waals surface area contributed by atoms with Crippen molar-refractivity contribution >= 4 is 23.1 Å². The summed E-state index contributed by atoms with van der Waals surface area (Å²) in [5, 5.41) is 22.5. The van der Waals surface area contributed by atoms with E-state index in [-0.39, 0.29) is 23.5 Å². The van der Waals surface area contributed by atoms with Gasteiger partial charge in [-0.3, -0.25) is 10.1 Å². The Morgan fingerprint density at radius 1 is 1.69 bits per heavy atom. The van der Waals surface area contributed by atoms with Gasteiger partial charge in [-0.15, -0.1) is 0 Å². The Hall–Kier alpha value is -1.40. The van der Waals surface area contributed by atoms with Crippen molar-refractivity contribution < 1.29 is 10.0 Å². The van der Waals surface area contributed by atoms with Crippen LogP contribution in [0.2, 0.25) is 5.15 Å². The zero-order chi connectivity index (χ0) is 12.1. The van der Waals surface area contributed by atoms with Gasteiger partial charge in [0, 0.05) is 0 Å². The fourth-order valence-electron chi connectivity index (χ4n) is 1.15. The van der Waals surface area contributed by atoms with E-state index < -0.39 is 4.92 Å². The molecule has 0 aliphatic heterocycles. The second-order valence-corrected chi connectivity index (χ2v) is 3.61. The number of nitrogens with one attached hydrogen (secondary N) is 1. The number of nitrogens with zero attached hydrogens (tertiary/aromatic N) is 2. The van der Waals surface area contributed by atoms with Crippen LogP contribution in [0.5, 0.6) is 0 Å². The molecule has 2 N–H and O–H groups in total. The van der Waals surface area contributed by atoms with E-state index in [4.69, 9.17) is 16.7 Å². The zero-order valence-electron chi connectivity index (χ0n) is 8.68. The molecule has 0 radical (unpaired) electrons. The van der Waals surface area contributed by atoms with Crippen molar-refractivity contribution in [3.63, 3.8) is 0 Å². The smallest absolute Gasteiger partial charge is 0.276 e. The number of aliphatic hydroxyl groups excluding tert-OH is 1. The van der Waals surface area contributed by atoms with E-state index in [1.807, 2.05) is 6.92 Å². The molecule has 0 fully saturated rings. The minimum Gasteiger partial charge on any atom is -0.394 e. The number of hydrogen-bond donors (Lipinski definition) is 2. The maximum Gasteiger partial charge on any atom is 0.276 e. The highest BCUT2D eigenvalue weighted by molar-refractivity contribution is 6.29. The summed E-state index contributed by atoms with van der Waals surface area (Å²) in [4.78, 5) is 13.9. The van der Waals surface area contributed by atoms with Crippen LogP contribution in [-0.2, 0) is 0 Å². The number of pyridine rings is 1. The van der Waals surface area contributed by atoms with Crippen molar-refractivity contribution in [3.05, 3.63) is 27.4 Å². The van der Waals surface area contributed by atoms with E-state index in [1.165, 1.54) is 12.1 Å². The predicted octanol–water partition coefficient (Wildman–Crippen LogP) is 1.83. The van der Waals surface area contributed by atoms with Gasteiger partial charge in [0.1, 0.15) is 11.0 Å². The maximum atomic E-state index is 10.6. The van der Waals surface area contributed by atoms with Crippen LogP contribution in [0.4, 0.5) is 11.5 Å². The third kappa shape index (κ3) is 3.32. The summed E-state index contributed by atoms with van der Waals surface area (Å²) in [6.45, 7) is 1.81. The Bertz CT molecular complexity index is 382. The molecule has 0 amide bonds. The molecule has 0 aliphatic rings. The fraction of sp³-hybridized carbons (Fsp3) is 0.444. The summed E-state index contributed by atoms with van der Waals surface area (Å²) in [6.07, 6.45) is 0.679. The van der Waals surface area contributed by atoms with Crippen LogP contribution < -0.4 is 5.32 Å². The van der Waals surface area contributed by atoms with Gasteiger partial charge in [0.05, 0.1) is 29.7 Å². The molecule has 1 aromatic rings. The monoisotopic (exact) mass is 245 g/mol. The second kappa shape index (κ2) is 5.62. The van der Waals surface area contributed by atoms with E-state index >= 15 is 0 Å². The van der Waals surface area contributed by atoms with Gasteiger partial charge in [-0.2, -0.15) is 0 Å². The molecule has 6 nitrogen and oxygen atoms in total. The van der Waals surface area contributed by atoms with Crippen LogP contribution in [0.1, 0.15) is 13.3 Å². The SMILES string of the molecule is CCC(CO)Nc1cc([N+](=O)[O-])cc(Cl)n1. The van der Waals surface area contributed by atoms with Crippen LogP contribution in [-0.4, -0.2) is 27.7 Å². The number of aromatic nitrogens is 1. The van der Waals surface area contributed by atoms with Crippen molar-refractivity contribution in [2.45, 2.75) is 19.4 Å². The molecule has 1 rings (SSSR count). The lowest BCUT2D eigenvalue weighted by Crippen LogP contribution is -2.23. The van der Waals surface area contributed by atoms with Gasteiger partial charge in [0.2, 0.25) is 0 Å². The Balaban J connectivity index is 2.91. The highest BCUT2D eigenvalue weighted by atomic mass is 35.5. The van der Waals surface area contributed by atoms with Gasteiger partial charge in [0.15, 0.2) is 0 Å². The largest absolute Gasteiger partial charge is 0.394 e. The molecule has 0 saturated carbocycles. The molecule has 1 atom stereocenters. The average Bonchev–Trinajstić information content (AvgIpc) is 2.25. The minimum atomic E-state index is -0.543. The van der Waals surface area contributed by atoms with Crippen LogP contribution in [0.25, 0.3) is 0 Å². The molecule has 1 aromatic heterocycles. The molecule has 0 aromatic carbocycles. The first kappa shape index (κ1) is 12.7. The summed E-state index contributed by atoms with van der Waals surface area (Å²) in [7, 11) is 0. The van der Waals surface area contributed by atoms with Crippen molar-refractivity contribution in [1.82, 2.24) is 4.98 Å². The number of hydrogen-bond acceptors (Lipinski definition) is 5. The second-order valence-electron chi connectivity index (χ2n) is 3.22.